The first kappa shape index (κ1) is 22.3. The molecule has 23 heavy (non-hydrogen) atoms. The first-order chi connectivity index (χ1) is 9.88. The SMILES string of the molecule is CC[c-]1cccc1.[C-]1=CCc2ccc3ccccc3c21.[Cl-].[Cl-].[Zr+4]. The van der Waals surface area contributed by atoms with Crippen LogP contribution in [0.3, 0.4) is 0 Å². The van der Waals surface area contributed by atoms with Crippen LogP contribution in [0.15, 0.2) is 66.7 Å². The monoisotopic (exact) mass is 418 g/mol. The maximum absolute atomic E-state index is 3.32. The predicted molar refractivity (Wildman–Crippen MR) is 86.0 cm³/mol. The number of hydrogen-bond donors (Lipinski definition) is 0. The van der Waals surface area contributed by atoms with Crippen molar-refractivity contribution in [3.63, 3.8) is 0 Å². The smallest absolute Gasteiger partial charge is 1.00 e. The Bertz CT molecular complexity index is 730. The molecule has 0 atom stereocenters. The van der Waals surface area contributed by atoms with Crippen molar-refractivity contribution in [3.8, 4) is 0 Å². The van der Waals surface area contributed by atoms with Crippen molar-refractivity contribution in [1.82, 2.24) is 0 Å². The zero-order valence-electron chi connectivity index (χ0n) is 13.0. The Morgan fingerprint density at radius 3 is 2.30 bits per heavy atom. The van der Waals surface area contributed by atoms with Gasteiger partial charge in [0, 0.05) is 0 Å². The number of rotatable bonds is 1. The molecule has 0 bridgehead atoms. The molecule has 0 unspecified atom stereocenters. The summed E-state index contributed by atoms with van der Waals surface area (Å²) in [5.74, 6) is 0. The molecule has 1 aliphatic carbocycles. The van der Waals surface area contributed by atoms with Crippen LogP contribution < -0.4 is 24.8 Å². The molecule has 3 aromatic carbocycles. The second kappa shape index (κ2) is 10.9. The van der Waals surface area contributed by atoms with Gasteiger partial charge in [0.1, 0.15) is 0 Å². The van der Waals surface area contributed by atoms with Gasteiger partial charge in [-0.15, -0.1) is 23.1 Å². The van der Waals surface area contributed by atoms with Gasteiger partial charge in [-0.25, -0.2) is 12.1 Å². The third-order valence-electron chi connectivity index (χ3n) is 3.72. The molecule has 0 aliphatic heterocycles. The Kier molecular flexibility index (Phi) is 10.6. The van der Waals surface area contributed by atoms with Crippen LogP contribution in [0.5, 0.6) is 0 Å². The first-order valence-corrected chi connectivity index (χ1v) is 7.18. The molecule has 4 rings (SSSR count). The molecule has 0 amide bonds. The molecular formula is C20H18Cl2Zr. The normalized spacial score (nSPS) is 10.5. The molecule has 3 heteroatoms. The van der Waals surface area contributed by atoms with Crippen molar-refractivity contribution in [2.45, 2.75) is 19.8 Å². The second-order valence-electron chi connectivity index (χ2n) is 5.02. The summed E-state index contributed by atoms with van der Waals surface area (Å²) >= 11 is 0. The van der Waals surface area contributed by atoms with Gasteiger partial charge in [-0.05, 0) is 0 Å². The van der Waals surface area contributed by atoms with E-state index in [2.05, 4.69) is 79.7 Å². The fourth-order valence-electron chi connectivity index (χ4n) is 2.57. The predicted octanol–water partition coefficient (Wildman–Crippen LogP) is -0.923. The molecule has 0 aromatic heterocycles. The average molecular weight is 420 g/mol. The Hall–Kier alpha value is -0.747. The zero-order valence-corrected chi connectivity index (χ0v) is 17.0. The van der Waals surface area contributed by atoms with Crippen molar-refractivity contribution in [3.05, 3.63) is 89.5 Å². The molecule has 0 nitrogen and oxygen atoms in total. The standard InChI is InChI=1S/C13H9.C7H9.2ClH.Zr/c1-2-6-12-10(4-1)8-9-11-5-3-7-13(11)12;1-2-7-5-3-4-6-7;;;/h1-4,6,8-9H,5H2;3-6H,2H2,1H3;2*1H;/q2*-1;;;+4/p-2. The Labute approximate surface area is 170 Å². The average Bonchev–Trinajstić information content (AvgIpc) is 3.19. The third kappa shape index (κ3) is 5.38. The van der Waals surface area contributed by atoms with Gasteiger partial charge in [-0.2, -0.15) is 35.4 Å². The summed E-state index contributed by atoms with van der Waals surface area (Å²) in [7, 11) is 0. The molecule has 3 aromatic rings. The van der Waals surface area contributed by atoms with Crippen LogP contribution in [0.4, 0.5) is 0 Å². The zero-order chi connectivity index (χ0) is 13.8. The molecule has 0 radical (unpaired) electrons. The minimum Gasteiger partial charge on any atom is -1.00 e. The van der Waals surface area contributed by atoms with Gasteiger partial charge in [-0.1, -0.05) is 49.4 Å². The number of hydrogen-bond acceptors (Lipinski definition) is 0. The molecule has 0 fully saturated rings. The summed E-state index contributed by atoms with van der Waals surface area (Å²) in [6, 6.07) is 21.3. The fraction of sp³-hybridized carbons (Fsp3) is 0.150. The van der Waals surface area contributed by atoms with Gasteiger partial charge < -0.3 is 24.8 Å². The summed E-state index contributed by atoms with van der Waals surface area (Å²) < 4.78 is 0. The Morgan fingerprint density at radius 1 is 0.957 bits per heavy atom. The molecule has 116 valence electrons. The number of benzene rings is 2. The van der Waals surface area contributed by atoms with Crippen molar-refractivity contribution in [2.75, 3.05) is 0 Å². The summed E-state index contributed by atoms with van der Waals surface area (Å²) in [4.78, 5) is 0. The quantitative estimate of drug-likeness (QED) is 0.447. The van der Waals surface area contributed by atoms with E-state index in [9.17, 15) is 0 Å². The van der Waals surface area contributed by atoms with Crippen molar-refractivity contribution in [2.24, 2.45) is 0 Å². The van der Waals surface area contributed by atoms with Crippen molar-refractivity contribution < 1.29 is 51.0 Å². The summed E-state index contributed by atoms with van der Waals surface area (Å²) in [5.41, 5.74) is 4.12. The van der Waals surface area contributed by atoms with Crippen LogP contribution >= 0.6 is 0 Å². The summed E-state index contributed by atoms with van der Waals surface area (Å²) in [5, 5.41) is 2.64. The van der Waals surface area contributed by atoms with Crippen LogP contribution in [-0.4, -0.2) is 0 Å². The van der Waals surface area contributed by atoms with E-state index in [0.29, 0.717) is 0 Å². The van der Waals surface area contributed by atoms with Gasteiger partial charge in [-0.3, -0.25) is 0 Å². The van der Waals surface area contributed by atoms with Crippen LogP contribution in [0.2, 0.25) is 0 Å². The topological polar surface area (TPSA) is 0 Å². The number of aryl methyl sites for hydroxylation is 1. The minimum absolute atomic E-state index is 0. The second-order valence-corrected chi connectivity index (χ2v) is 5.02. The molecule has 0 spiro atoms. The molecule has 1 aliphatic rings. The summed E-state index contributed by atoms with van der Waals surface area (Å²) in [6.45, 7) is 2.16. The maximum Gasteiger partial charge on any atom is 4.00 e. The van der Waals surface area contributed by atoms with E-state index in [1.165, 1.54) is 27.5 Å². The number of fused-ring (bicyclic) bond motifs is 3. The van der Waals surface area contributed by atoms with Gasteiger partial charge >= 0.3 is 26.2 Å². The van der Waals surface area contributed by atoms with E-state index < -0.39 is 0 Å². The fourth-order valence-corrected chi connectivity index (χ4v) is 2.57. The van der Waals surface area contributed by atoms with Crippen molar-refractivity contribution in [1.29, 1.82) is 0 Å². The van der Waals surface area contributed by atoms with Gasteiger partial charge in [0.15, 0.2) is 0 Å². The molecule has 0 saturated heterocycles. The van der Waals surface area contributed by atoms with E-state index >= 15 is 0 Å². The van der Waals surface area contributed by atoms with E-state index in [0.717, 1.165) is 12.8 Å². The molecule has 0 N–H and O–H groups in total. The largest absolute Gasteiger partial charge is 4.00 e. The third-order valence-corrected chi connectivity index (χ3v) is 3.72. The van der Waals surface area contributed by atoms with Gasteiger partial charge in [0.25, 0.3) is 0 Å². The van der Waals surface area contributed by atoms with Gasteiger partial charge in [0.2, 0.25) is 0 Å². The Morgan fingerprint density at radius 2 is 1.65 bits per heavy atom. The van der Waals surface area contributed by atoms with E-state index in [-0.39, 0.29) is 51.0 Å². The Balaban J connectivity index is 0.000000426. The molecule has 0 saturated carbocycles. The van der Waals surface area contributed by atoms with Crippen LogP contribution in [0.25, 0.3) is 10.8 Å². The number of allylic oxidation sites excluding steroid dienone is 1. The van der Waals surface area contributed by atoms with E-state index in [4.69, 9.17) is 0 Å². The van der Waals surface area contributed by atoms with E-state index in [1.54, 1.807) is 0 Å². The van der Waals surface area contributed by atoms with Crippen LogP contribution in [0, 0.1) is 6.08 Å². The minimum atomic E-state index is 0. The van der Waals surface area contributed by atoms with Crippen LogP contribution in [-0.2, 0) is 39.0 Å². The molecule has 0 heterocycles. The van der Waals surface area contributed by atoms with E-state index in [1.807, 2.05) is 0 Å². The van der Waals surface area contributed by atoms with Crippen LogP contribution in [0.1, 0.15) is 23.6 Å². The number of halogens is 2. The molecular weight excluding hydrogens is 402 g/mol. The summed E-state index contributed by atoms with van der Waals surface area (Å²) in [6.07, 6.45) is 7.63. The first-order valence-electron chi connectivity index (χ1n) is 7.18. The maximum atomic E-state index is 3.32. The van der Waals surface area contributed by atoms with Gasteiger partial charge in [0.05, 0.1) is 0 Å². The van der Waals surface area contributed by atoms with Crippen molar-refractivity contribution >= 4 is 10.8 Å².